The van der Waals surface area contributed by atoms with Gasteiger partial charge in [0.25, 0.3) is 0 Å². The van der Waals surface area contributed by atoms with Gasteiger partial charge >= 0.3 is 0 Å². The molecule has 1 aromatic heterocycles. The maximum Gasteiger partial charge on any atom is 0.248 e. The number of carbonyl (C=O) groups excluding carboxylic acids is 1. The lowest BCUT2D eigenvalue weighted by Gasteiger charge is -2.07. The SMILES string of the molecule is NCc1ccnnc1Oc1ccc(C(N)=O)cc1. The van der Waals surface area contributed by atoms with Gasteiger partial charge in [0.15, 0.2) is 0 Å². The van der Waals surface area contributed by atoms with E-state index in [9.17, 15) is 4.79 Å². The molecule has 0 unspecified atom stereocenters. The molecule has 0 saturated carbocycles. The molecule has 6 nitrogen and oxygen atoms in total. The summed E-state index contributed by atoms with van der Waals surface area (Å²) in [6.07, 6.45) is 1.55. The molecule has 18 heavy (non-hydrogen) atoms. The van der Waals surface area contributed by atoms with Crippen LogP contribution in [-0.4, -0.2) is 16.1 Å². The second-order valence-electron chi connectivity index (χ2n) is 3.56. The van der Waals surface area contributed by atoms with Crippen LogP contribution in [0.25, 0.3) is 0 Å². The zero-order chi connectivity index (χ0) is 13.0. The lowest BCUT2D eigenvalue weighted by atomic mass is 10.2. The summed E-state index contributed by atoms with van der Waals surface area (Å²) in [6.45, 7) is 0.310. The van der Waals surface area contributed by atoms with E-state index in [0.29, 0.717) is 23.7 Å². The minimum absolute atomic E-state index is 0.310. The van der Waals surface area contributed by atoms with E-state index in [4.69, 9.17) is 16.2 Å². The van der Waals surface area contributed by atoms with Gasteiger partial charge in [-0.3, -0.25) is 4.79 Å². The highest BCUT2D eigenvalue weighted by Crippen LogP contribution is 2.22. The largest absolute Gasteiger partial charge is 0.437 e. The molecule has 6 heteroatoms. The van der Waals surface area contributed by atoms with E-state index >= 15 is 0 Å². The summed E-state index contributed by atoms with van der Waals surface area (Å²) in [7, 11) is 0. The van der Waals surface area contributed by atoms with Crippen molar-refractivity contribution in [2.45, 2.75) is 6.54 Å². The van der Waals surface area contributed by atoms with Gasteiger partial charge in [0.2, 0.25) is 11.8 Å². The van der Waals surface area contributed by atoms with Gasteiger partial charge in [-0.15, -0.1) is 5.10 Å². The molecule has 1 amide bonds. The lowest BCUT2D eigenvalue weighted by Crippen LogP contribution is -2.10. The van der Waals surface area contributed by atoms with Gasteiger partial charge in [0.1, 0.15) is 5.75 Å². The van der Waals surface area contributed by atoms with Crippen LogP contribution in [0, 0.1) is 0 Å². The van der Waals surface area contributed by atoms with Crippen molar-refractivity contribution in [3.8, 4) is 11.6 Å². The maximum atomic E-state index is 10.9. The number of ether oxygens (including phenoxy) is 1. The Kier molecular flexibility index (Phi) is 3.49. The Bertz CT molecular complexity index is 554. The predicted octanol–water partition coefficient (Wildman–Crippen LogP) is 0.826. The molecule has 0 spiro atoms. The van der Waals surface area contributed by atoms with E-state index in [1.54, 1.807) is 36.5 Å². The summed E-state index contributed by atoms with van der Waals surface area (Å²) in [4.78, 5) is 10.9. The fraction of sp³-hybridized carbons (Fsp3) is 0.0833. The molecular weight excluding hydrogens is 232 g/mol. The minimum atomic E-state index is -0.483. The summed E-state index contributed by atoms with van der Waals surface area (Å²) in [5.74, 6) is 0.408. The third kappa shape index (κ3) is 2.61. The van der Waals surface area contributed by atoms with Crippen molar-refractivity contribution in [2.24, 2.45) is 11.5 Å². The fourth-order valence-electron chi connectivity index (χ4n) is 1.38. The normalized spacial score (nSPS) is 10.1. The molecule has 0 radical (unpaired) electrons. The molecule has 0 saturated heterocycles. The van der Waals surface area contributed by atoms with Gasteiger partial charge in [-0.05, 0) is 30.3 Å². The van der Waals surface area contributed by atoms with Crippen molar-refractivity contribution in [2.75, 3.05) is 0 Å². The van der Waals surface area contributed by atoms with Gasteiger partial charge in [0.05, 0.1) is 6.20 Å². The zero-order valence-electron chi connectivity index (χ0n) is 9.54. The number of rotatable bonds is 4. The van der Waals surface area contributed by atoms with Gasteiger partial charge < -0.3 is 16.2 Å². The molecule has 2 aromatic rings. The van der Waals surface area contributed by atoms with Crippen LogP contribution in [0.15, 0.2) is 36.5 Å². The number of aromatic nitrogens is 2. The van der Waals surface area contributed by atoms with Crippen molar-refractivity contribution in [1.29, 1.82) is 0 Å². The van der Waals surface area contributed by atoms with E-state index in [1.807, 2.05) is 0 Å². The molecule has 1 aromatic carbocycles. The van der Waals surface area contributed by atoms with E-state index in [1.165, 1.54) is 0 Å². The Hall–Kier alpha value is -2.47. The Morgan fingerprint density at radius 3 is 2.56 bits per heavy atom. The zero-order valence-corrected chi connectivity index (χ0v) is 9.54. The number of hydrogen-bond acceptors (Lipinski definition) is 5. The highest BCUT2D eigenvalue weighted by molar-refractivity contribution is 5.92. The third-order valence-electron chi connectivity index (χ3n) is 2.34. The van der Waals surface area contributed by atoms with Crippen molar-refractivity contribution in [1.82, 2.24) is 10.2 Å². The Balaban J connectivity index is 2.21. The van der Waals surface area contributed by atoms with E-state index in [-0.39, 0.29) is 0 Å². The van der Waals surface area contributed by atoms with Crippen LogP contribution < -0.4 is 16.2 Å². The monoisotopic (exact) mass is 244 g/mol. The smallest absolute Gasteiger partial charge is 0.248 e. The third-order valence-corrected chi connectivity index (χ3v) is 2.34. The molecule has 4 N–H and O–H groups in total. The Morgan fingerprint density at radius 1 is 1.22 bits per heavy atom. The first-order chi connectivity index (χ1) is 8.70. The number of amides is 1. The summed E-state index contributed by atoms with van der Waals surface area (Å²) >= 11 is 0. The van der Waals surface area contributed by atoms with Gasteiger partial charge in [-0.25, -0.2) is 0 Å². The van der Waals surface area contributed by atoms with Gasteiger partial charge in [-0.2, -0.15) is 5.10 Å². The number of hydrogen-bond donors (Lipinski definition) is 2. The van der Waals surface area contributed by atoms with E-state index in [0.717, 1.165) is 5.56 Å². The molecule has 2 rings (SSSR count). The summed E-state index contributed by atoms with van der Waals surface area (Å²) in [5.41, 5.74) is 11.9. The van der Waals surface area contributed by atoms with Crippen molar-refractivity contribution < 1.29 is 9.53 Å². The van der Waals surface area contributed by atoms with E-state index < -0.39 is 5.91 Å². The van der Waals surface area contributed by atoms with Crippen molar-refractivity contribution in [3.05, 3.63) is 47.7 Å². The van der Waals surface area contributed by atoms with Crippen LogP contribution in [0.1, 0.15) is 15.9 Å². The highest BCUT2D eigenvalue weighted by atomic mass is 16.5. The van der Waals surface area contributed by atoms with Crippen LogP contribution in [0.5, 0.6) is 11.6 Å². The molecule has 0 bridgehead atoms. The standard InChI is InChI=1S/C12H12N4O2/c13-7-9-5-6-15-16-12(9)18-10-3-1-8(2-4-10)11(14)17/h1-6H,7,13H2,(H2,14,17). The topological polar surface area (TPSA) is 104 Å². The molecule has 92 valence electrons. The second-order valence-corrected chi connectivity index (χ2v) is 3.56. The molecule has 0 fully saturated rings. The van der Waals surface area contributed by atoms with Gasteiger partial charge in [0, 0.05) is 17.7 Å². The minimum Gasteiger partial charge on any atom is -0.437 e. The second kappa shape index (κ2) is 5.24. The van der Waals surface area contributed by atoms with Crippen LogP contribution in [0.4, 0.5) is 0 Å². The highest BCUT2D eigenvalue weighted by Gasteiger charge is 2.06. The molecular formula is C12H12N4O2. The number of primary amides is 1. The van der Waals surface area contributed by atoms with Crippen LogP contribution in [0.3, 0.4) is 0 Å². The molecule has 0 aliphatic heterocycles. The quantitative estimate of drug-likeness (QED) is 0.828. The molecule has 0 aliphatic carbocycles. The molecule has 0 aliphatic rings. The first kappa shape index (κ1) is 12.0. The van der Waals surface area contributed by atoms with Crippen LogP contribution in [-0.2, 0) is 6.54 Å². The summed E-state index contributed by atoms with van der Waals surface area (Å²) < 4.78 is 5.53. The molecule has 1 heterocycles. The summed E-state index contributed by atoms with van der Waals surface area (Å²) in [5, 5.41) is 7.59. The number of nitrogens with zero attached hydrogens (tertiary/aromatic N) is 2. The first-order valence-corrected chi connectivity index (χ1v) is 5.29. The predicted molar refractivity (Wildman–Crippen MR) is 65.0 cm³/mol. The fourth-order valence-corrected chi connectivity index (χ4v) is 1.38. The number of benzene rings is 1. The number of carbonyl (C=O) groups is 1. The Morgan fingerprint density at radius 2 is 1.94 bits per heavy atom. The Labute approximate surface area is 104 Å². The van der Waals surface area contributed by atoms with Crippen molar-refractivity contribution in [3.63, 3.8) is 0 Å². The van der Waals surface area contributed by atoms with Crippen LogP contribution >= 0.6 is 0 Å². The van der Waals surface area contributed by atoms with Gasteiger partial charge in [-0.1, -0.05) is 0 Å². The summed E-state index contributed by atoms with van der Waals surface area (Å²) in [6, 6.07) is 8.16. The van der Waals surface area contributed by atoms with Crippen LogP contribution in [0.2, 0.25) is 0 Å². The average molecular weight is 244 g/mol. The maximum absolute atomic E-state index is 10.9. The van der Waals surface area contributed by atoms with E-state index in [2.05, 4.69) is 10.2 Å². The molecule has 0 atom stereocenters. The average Bonchev–Trinajstić information content (AvgIpc) is 2.40. The number of nitrogens with two attached hydrogens (primary N) is 2. The first-order valence-electron chi connectivity index (χ1n) is 5.29. The lowest BCUT2D eigenvalue weighted by molar-refractivity contribution is 0.100. The van der Waals surface area contributed by atoms with Crippen molar-refractivity contribution >= 4 is 5.91 Å².